The van der Waals surface area contributed by atoms with Crippen molar-refractivity contribution in [2.24, 2.45) is 0 Å². The lowest BCUT2D eigenvalue weighted by atomic mass is 10.0. The van der Waals surface area contributed by atoms with Crippen LogP contribution >= 0.6 is 0 Å². The molecule has 0 aliphatic heterocycles. The van der Waals surface area contributed by atoms with Crippen molar-refractivity contribution in [3.8, 4) is 22.5 Å². The van der Waals surface area contributed by atoms with E-state index in [1.807, 2.05) is 75.4 Å². The fourth-order valence-corrected chi connectivity index (χ4v) is 3.65. The SMILES string of the molecule is Cc1cccc(-c2noc(CN(C(=O)Cc3ccc(-c4ccccc4)cc3)C(C)C)n2)c1. The molecule has 0 bridgehead atoms. The van der Waals surface area contributed by atoms with Crippen LogP contribution in [0.15, 0.2) is 83.4 Å². The molecule has 4 rings (SSSR count). The van der Waals surface area contributed by atoms with E-state index in [1.54, 1.807) is 4.90 Å². The first-order valence-corrected chi connectivity index (χ1v) is 10.8. The summed E-state index contributed by atoms with van der Waals surface area (Å²) in [7, 11) is 0. The lowest BCUT2D eigenvalue weighted by molar-refractivity contribution is -0.133. The standard InChI is InChI=1S/C27H27N3O2/c1-19(2)30(18-25-28-27(29-32-25)24-11-7-8-20(3)16-24)26(31)17-21-12-14-23(15-13-21)22-9-5-4-6-10-22/h4-16,19H,17-18H2,1-3H3. The summed E-state index contributed by atoms with van der Waals surface area (Å²) in [4.78, 5) is 19.4. The highest BCUT2D eigenvalue weighted by atomic mass is 16.5. The Hall–Kier alpha value is -3.73. The number of nitrogens with zero attached hydrogens (tertiary/aromatic N) is 3. The summed E-state index contributed by atoms with van der Waals surface area (Å²) in [5, 5.41) is 4.10. The van der Waals surface area contributed by atoms with Gasteiger partial charge in [0.25, 0.3) is 0 Å². The number of amides is 1. The second-order valence-corrected chi connectivity index (χ2v) is 8.24. The molecule has 0 saturated carbocycles. The minimum absolute atomic E-state index is 0.0143. The normalized spacial score (nSPS) is 11.0. The maximum atomic E-state index is 13.1. The molecular weight excluding hydrogens is 398 g/mol. The van der Waals surface area contributed by atoms with Gasteiger partial charge in [0.2, 0.25) is 17.6 Å². The fraction of sp³-hybridized carbons (Fsp3) is 0.222. The average Bonchev–Trinajstić information content (AvgIpc) is 3.27. The molecule has 3 aromatic carbocycles. The molecule has 5 nitrogen and oxygen atoms in total. The van der Waals surface area contributed by atoms with Gasteiger partial charge in [-0.2, -0.15) is 4.98 Å². The van der Waals surface area contributed by atoms with E-state index in [9.17, 15) is 4.79 Å². The average molecular weight is 426 g/mol. The molecule has 32 heavy (non-hydrogen) atoms. The molecule has 0 N–H and O–H groups in total. The Kier molecular flexibility index (Phi) is 6.45. The highest BCUT2D eigenvalue weighted by molar-refractivity contribution is 5.79. The third kappa shape index (κ3) is 5.11. The van der Waals surface area contributed by atoms with E-state index in [0.717, 1.165) is 27.8 Å². The largest absolute Gasteiger partial charge is 0.337 e. The topological polar surface area (TPSA) is 59.2 Å². The number of benzene rings is 3. The van der Waals surface area contributed by atoms with Crippen molar-refractivity contribution in [3.05, 3.63) is 95.9 Å². The smallest absolute Gasteiger partial charge is 0.246 e. The maximum Gasteiger partial charge on any atom is 0.246 e. The highest BCUT2D eigenvalue weighted by Gasteiger charge is 2.21. The Bertz CT molecular complexity index is 1180. The molecule has 1 heterocycles. The molecule has 0 atom stereocenters. The Balaban J connectivity index is 1.44. The number of aromatic nitrogens is 2. The lowest BCUT2D eigenvalue weighted by Crippen LogP contribution is -2.37. The predicted octanol–water partition coefficient (Wildman–Crippen LogP) is 5.69. The number of hydrogen-bond acceptors (Lipinski definition) is 4. The van der Waals surface area contributed by atoms with Crippen LogP contribution in [-0.4, -0.2) is 27.0 Å². The number of aryl methyl sites for hydroxylation is 1. The molecule has 0 radical (unpaired) electrons. The molecule has 0 unspecified atom stereocenters. The monoisotopic (exact) mass is 425 g/mol. The third-order valence-electron chi connectivity index (χ3n) is 5.41. The van der Waals surface area contributed by atoms with Gasteiger partial charge in [-0.3, -0.25) is 4.79 Å². The third-order valence-corrected chi connectivity index (χ3v) is 5.41. The van der Waals surface area contributed by atoms with Crippen LogP contribution in [0.1, 0.15) is 30.9 Å². The zero-order valence-electron chi connectivity index (χ0n) is 18.7. The Morgan fingerprint density at radius 2 is 1.59 bits per heavy atom. The summed E-state index contributed by atoms with van der Waals surface area (Å²) in [5.41, 5.74) is 5.31. The van der Waals surface area contributed by atoms with E-state index in [4.69, 9.17) is 4.52 Å². The van der Waals surface area contributed by atoms with Crippen molar-refractivity contribution in [2.45, 2.75) is 39.8 Å². The zero-order chi connectivity index (χ0) is 22.5. The van der Waals surface area contributed by atoms with Gasteiger partial charge in [0.15, 0.2) is 0 Å². The first-order chi connectivity index (χ1) is 15.5. The van der Waals surface area contributed by atoms with Crippen molar-refractivity contribution < 1.29 is 9.32 Å². The van der Waals surface area contributed by atoms with Crippen molar-refractivity contribution in [1.29, 1.82) is 0 Å². The van der Waals surface area contributed by atoms with Crippen LogP contribution < -0.4 is 0 Å². The van der Waals surface area contributed by atoms with Crippen molar-refractivity contribution in [3.63, 3.8) is 0 Å². The molecule has 0 saturated heterocycles. The fourth-order valence-electron chi connectivity index (χ4n) is 3.65. The number of rotatable bonds is 7. The van der Waals surface area contributed by atoms with Crippen molar-refractivity contribution >= 4 is 5.91 Å². The van der Waals surface area contributed by atoms with E-state index >= 15 is 0 Å². The van der Waals surface area contributed by atoms with E-state index in [2.05, 4.69) is 34.4 Å². The van der Waals surface area contributed by atoms with Gasteiger partial charge in [0, 0.05) is 11.6 Å². The van der Waals surface area contributed by atoms with Crippen LogP contribution in [0.25, 0.3) is 22.5 Å². The van der Waals surface area contributed by atoms with Crippen LogP contribution in [0.2, 0.25) is 0 Å². The molecule has 0 spiro atoms. The molecule has 5 heteroatoms. The lowest BCUT2D eigenvalue weighted by Gasteiger charge is -2.25. The van der Waals surface area contributed by atoms with Crippen LogP contribution in [0.4, 0.5) is 0 Å². The summed E-state index contributed by atoms with van der Waals surface area (Å²) in [5.74, 6) is 1.00. The molecule has 162 valence electrons. The van der Waals surface area contributed by atoms with Gasteiger partial charge < -0.3 is 9.42 Å². The molecule has 0 aliphatic rings. The quantitative estimate of drug-likeness (QED) is 0.382. The van der Waals surface area contributed by atoms with Gasteiger partial charge in [0.05, 0.1) is 6.42 Å². The predicted molar refractivity (Wildman–Crippen MR) is 126 cm³/mol. The number of carbonyl (C=O) groups excluding carboxylic acids is 1. The van der Waals surface area contributed by atoms with Gasteiger partial charge in [-0.05, 0) is 43.5 Å². The molecule has 4 aromatic rings. The second kappa shape index (κ2) is 9.60. The molecule has 1 aromatic heterocycles. The summed E-state index contributed by atoms with van der Waals surface area (Å²) >= 11 is 0. The Morgan fingerprint density at radius 1 is 0.906 bits per heavy atom. The molecule has 1 amide bonds. The summed E-state index contributed by atoms with van der Waals surface area (Å²) < 4.78 is 5.45. The highest BCUT2D eigenvalue weighted by Crippen LogP contribution is 2.21. The van der Waals surface area contributed by atoms with E-state index < -0.39 is 0 Å². The van der Waals surface area contributed by atoms with Gasteiger partial charge in [0.1, 0.15) is 6.54 Å². The molecular formula is C27H27N3O2. The van der Waals surface area contributed by atoms with Crippen molar-refractivity contribution in [1.82, 2.24) is 15.0 Å². The van der Waals surface area contributed by atoms with Gasteiger partial charge >= 0.3 is 0 Å². The number of hydrogen-bond donors (Lipinski definition) is 0. The Morgan fingerprint density at radius 3 is 2.28 bits per heavy atom. The van der Waals surface area contributed by atoms with Crippen LogP contribution in [-0.2, 0) is 17.8 Å². The molecule has 0 aliphatic carbocycles. The van der Waals surface area contributed by atoms with Crippen LogP contribution in [0.5, 0.6) is 0 Å². The minimum atomic E-state index is 0.0143. The molecule has 0 fully saturated rings. The second-order valence-electron chi connectivity index (χ2n) is 8.24. The van der Waals surface area contributed by atoms with Gasteiger partial charge in [-0.1, -0.05) is 83.5 Å². The van der Waals surface area contributed by atoms with Crippen LogP contribution in [0.3, 0.4) is 0 Å². The summed E-state index contributed by atoms with van der Waals surface area (Å²) in [6, 6.07) is 26.3. The first kappa shape index (κ1) is 21.5. The summed E-state index contributed by atoms with van der Waals surface area (Å²) in [6.07, 6.45) is 0.326. The Labute approximate surface area is 188 Å². The van der Waals surface area contributed by atoms with E-state index in [0.29, 0.717) is 18.1 Å². The van der Waals surface area contributed by atoms with Gasteiger partial charge in [-0.15, -0.1) is 0 Å². The van der Waals surface area contributed by atoms with E-state index in [1.165, 1.54) is 0 Å². The maximum absolute atomic E-state index is 13.1. The first-order valence-electron chi connectivity index (χ1n) is 10.8. The zero-order valence-corrected chi connectivity index (χ0v) is 18.7. The van der Waals surface area contributed by atoms with Gasteiger partial charge in [-0.25, -0.2) is 0 Å². The van der Waals surface area contributed by atoms with Crippen molar-refractivity contribution in [2.75, 3.05) is 0 Å². The summed E-state index contributed by atoms with van der Waals surface area (Å²) in [6.45, 7) is 6.30. The minimum Gasteiger partial charge on any atom is -0.337 e. The van der Waals surface area contributed by atoms with E-state index in [-0.39, 0.29) is 18.5 Å². The number of carbonyl (C=O) groups is 1. The van der Waals surface area contributed by atoms with Crippen LogP contribution in [0, 0.1) is 6.92 Å².